The number of sulfonamides is 1. The van der Waals surface area contributed by atoms with Crippen molar-refractivity contribution in [2.24, 2.45) is 0 Å². The number of aliphatic hydroxyl groups is 1. The van der Waals surface area contributed by atoms with E-state index >= 15 is 0 Å². The SMILES string of the molecule is O=S(=O)(CCl)NCc1ccc(CO)cc1. The summed E-state index contributed by atoms with van der Waals surface area (Å²) in [5.74, 6) is 0. The number of halogens is 1. The van der Waals surface area contributed by atoms with E-state index in [9.17, 15) is 8.42 Å². The van der Waals surface area contributed by atoms with E-state index in [-0.39, 0.29) is 13.2 Å². The summed E-state index contributed by atoms with van der Waals surface area (Å²) in [6, 6.07) is 6.99. The Kier molecular flexibility index (Phi) is 4.53. The predicted octanol–water partition coefficient (Wildman–Crippen LogP) is 0.795. The lowest BCUT2D eigenvalue weighted by Crippen LogP contribution is -2.23. The van der Waals surface area contributed by atoms with Crippen molar-refractivity contribution in [1.82, 2.24) is 4.72 Å². The van der Waals surface area contributed by atoms with Gasteiger partial charge in [0.15, 0.2) is 0 Å². The molecule has 0 amide bonds. The number of hydrogen-bond donors (Lipinski definition) is 2. The van der Waals surface area contributed by atoms with Crippen LogP contribution in [-0.2, 0) is 23.2 Å². The molecule has 1 aromatic carbocycles. The molecular weight excluding hydrogens is 238 g/mol. The standard InChI is InChI=1S/C9H12ClNO3S/c10-7-15(13,14)11-5-8-1-3-9(6-12)4-2-8/h1-4,11-12H,5-7H2. The smallest absolute Gasteiger partial charge is 0.225 e. The van der Waals surface area contributed by atoms with Crippen LogP contribution >= 0.6 is 11.6 Å². The maximum Gasteiger partial charge on any atom is 0.225 e. The summed E-state index contributed by atoms with van der Waals surface area (Å²) in [5.41, 5.74) is 1.61. The normalized spacial score (nSPS) is 11.6. The Labute approximate surface area is 93.9 Å². The van der Waals surface area contributed by atoms with Crippen LogP contribution in [0.25, 0.3) is 0 Å². The van der Waals surface area contributed by atoms with E-state index in [1.165, 1.54) is 0 Å². The molecule has 0 heterocycles. The molecule has 0 aliphatic rings. The minimum atomic E-state index is -3.37. The molecule has 2 N–H and O–H groups in total. The third-order valence-electron chi connectivity index (χ3n) is 1.85. The van der Waals surface area contributed by atoms with Crippen LogP contribution < -0.4 is 4.72 Å². The van der Waals surface area contributed by atoms with E-state index in [0.29, 0.717) is 0 Å². The van der Waals surface area contributed by atoms with E-state index in [1.807, 2.05) is 0 Å². The van der Waals surface area contributed by atoms with Gasteiger partial charge in [0, 0.05) is 6.54 Å². The van der Waals surface area contributed by atoms with Crippen molar-refractivity contribution in [2.75, 3.05) is 5.21 Å². The molecule has 0 atom stereocenters. The number of benzene rings is 1. The number of nitrogens with one attached hydrogen (secondary N) is 1. The molecule has 0 unspecified atom stereocenters. The van der Waals surface area contributed by atoms with Gasteiger partial charge in [0.25, 0.3) is 0 Å². The number of rotatable bonds is 5. The lowest BCUT2D eigenvalue weighted by Gasteiger charge is -2.04. The van der Waals surface area contributed by atoms with Gasteiger partial charge in [0.05, 0.1) is 6.61 Å². The van der Waals surface area contributed by atoms with E-state index in [1.54, 1.807) is 24.3 Å². The third kappa shape index (κ3) is 4.17. The predicted molar refractivity (Wildman–Crippen MR) is 58.8 cm³/mol. The molecule has 6 heteroatoms. The molecule has 84 valence electrons. The van der Waals surface area contributed by atoms with Crippen LogP contribution in [0.2, 0.25) is 0 Å². The highest BCUT2D eigenvalue weighted by Crippen LogP contribution is 2.04. The Morgan fingerprint density at radius 2 is 1.73 bits per heavy atom. The Morgan fingerprint density at radius 1 is 1.20 bits per heavy atom. The molecule has 1 rings (SSSR count). The molecule has 0 bridgehead atoms. The van der Waals surface area contributed by atoms with Crippen LogP contribution in [-0.4, -0.2) is 18.7 Å². The van der Waals surface area contributed by atoms with Gasteiger partial charge in [-0.1, -0.05) is 24.3 Å². The van der Waals surface area contributed by atoms with Crippen LogP contribution in [0.4, 0.5) is 0 Å². The molecule has 0 aromatic heterocycles. The van der Waals surface area contributed by atoms with Gasteiger partial charge in [-0.15, -0.1) is 11.6 Å². The summed E-state index contributed by atoms with van der Waals surface area (Å²) in [6.45, 7) is 0.189. The summed E-state index contributed by atoms with van der Waals surface area (Å²) in [6.07, 6.45) is 0. The number of aliphatic hydroxyl groups excluding tert-OH is 1. The van der Waals surface area contributed by atoms with E-state index in [4.69, 9.17) is 16.7 Å². The van der Waals surface area contributed by atoms with Crippen LogP contribution in [0.3, 0.4) is 0 Å². The van der Waals surface area contributed by atoms with Gasteiger partial charge in [-0.2, -0.15) is 0 Å². The molecule has 0 spiro atoms. The zero-order valence-corrected chi connectivity index (χ0v) is 9.55. The third-order valence-corrected chi connectivity index (χ3v) is 3.58. The minimum absolute atomic E-state index is 0.0202. The maximum absolute atomic E-state index is 11.0. The van der Waals surface area contributed by atoms with Crippen molar-refractivity contribution in [3.8, 4) is 0 Å². The molecule has 0 saturated carbocycles. The van der Waals surface area contributed by atoms with Crippen molar-refractivity contribution >= 4 is 21.6 Å². The quantitative estimate of drug-likeness (QED) is 0.759. The second kappa shape index (κ2) is 5.46. The maximum atomic E-state index is 11.0. The lowest BCUT2D eigenvalue weighted by atomic mass is 10.1. The van der Waals surface area contributed by atoms with Gasteiger partial charge in [-0.05, 0) is 11.1 Å². The highest BCUT2D eigenvalue weighted by Gasteiger charge is 2.06. The molecule has 15 heavy (non-hydrogen) atoms. The first-order valence-electron chi connectivity index (χ1n) is 4.29. The fourth-order valence-electron chi connectivity index (χ4n) is 0.994. The highest BCUT2D eigenvalue weighted by molar-refractivity contribution is 7.90. The second-order valence-electron chi connectivity index (χ2n) is 3.02. The zero-order chi connectivity index (χ0) is 11.3. The highest BCUT2D eigenvalue weighted by atomic mass is 35.5. The van der Waals surface area contributed by atoms with Crippen LogP contribution in [0, 0.1) is 0 Å². The summed E-state index contributed by atoms with van der Waals surface area (Å²) < 4.78 is 24.4. The van der Waals surface area contributed by atoms with Crippen LogP contribution in [0.5, 0.6) is 0 Å². The summed E-state index contributed by atoms with van der Waals surface area (Å²) >= 11 is 5.22. The van der Waals surface area contributed by atoms with Gasteiger partial charge in [-0.3, -0.25) is 0 Å². The van der Waals surface area contributed by atoms with Gasteiger partial charge >= 0.3 is 0 Å². The lowest BCUT2D eigenvalue weighted by molar-refractivity contribution is 0.282. The average molecular weight is 250 g/mol. The van der Waals surface area contributed by atoms with Crippen LogP contribution in [0.1, 0.15) is 11.1 Å². The fourth-order valence-corrected chi connectivity index (χ4v) is 1.69. The van der Waals surface area contributed by atoms with Crippen molar-refractivity contribution < 1.29 is 13.5 Å². The van der Waals surface area contributed by atoms with Gasteiger partial charge in [0.2, 0.25) is 10.0 Å². The molecule has 0 fully saturated rings. The fraction of sp³-hybridized carbons (Fsp3) is 0.333. The molecular formula is C9H12ClNO3S. The molecule has 1 aromatic rings. The monoisotopic (exact) mass is 249 g/mol. The van der Waals surface area contributed by atoms with Crippen LogP contribution in [0.15, 0.2) is 24.3 Å². The Bertz CT molecular complexity index is 402. The van der Waals surface area contributed by atoms with Crippen molar-refractivity contribution in [1.29, 1.82) is 0 Å². The van der Waals surface area contributed by atoms with Crippen molar-refractivity contribution in [2.45, 2.75) is 13.2 Å². The summed E-state index contributed by atoms with van der Waals surface area (Å²) in [4.78, 5) is 0. The minimum Gasteiger partial charge on any atom is -0.392 e. The molecule has 4 nitrogen and oxygen atoms in total. The molecule has 0 aliphatic carbocycles. The topological polar surface area (TPSA) is 66.4 Å². The van der Waals surface area contributed by atoms with E-state index in [0.717, 1.165) is 11.1 Å². The zero-order valence-electron chi connectivity index (χ0n) is 7.98. The first-order valence-corrected chi connectivity index (χ1v) is 6.48. The van der Waals surface area contributed by atoms with Gasteiger partial charge < -0.3 is 5.11 Å². The number of alkyl halides is 1. The first-order chi connectivity index (χ1) is 7.07. The first kappa shape index (κ1) is 12.4. The molecule has 0 saturated heterocycles. The van der Waals surface area contributed by atoms with Crippen molar-refractivity contribution in [3.05, 3.63) is 35.4 Å². The summed E-state index contributed by atoms with van der Waals surface area (Å²) in [7, 11) is -3.37. The Morgan fingerprint density at radius 3 is 2.20 bits per heavy atom. The Hall–Kier alpha value is -0.620. The summed E-state index contributed by atoms with van der Waals surface area (Å²) in [5, 5.41) is 8.35. The molecule has 0 aliphatic heterocycles. The van der Waals surface area contributed by atoms with E-state index < -0.39 is 15.2 Å². The second-order valence-corrected chi connectivity index (χ2v) is 5.41. The molecule has 0 radical (unpaired) electrons. The van der Waals surface area contributed by atoms with E-state index in [2.05, 4.69) is 4.72 Å². The largest absolute Gasteiger partial charge is 0.392 e. The number of hydrogen-bond acceptors (Lipinski definition) is 3. The van der Waals surface area contributed by atoms with Gasteiger partial charge in [-0.25, -0.2) is 13.1 Å². The Balaban J connectivity index is 2.59. The average Bonchev–Trinajstić information content (AvgIpc) is 2.27. The van der Waals surface area contributed by atoms with Gasteiger partial charge in [0.1, 0.15) is 5.21 Å². The van der Waals surface area contributed by atoms with Crippen molar-refractivity contribution in [3.63, 3.8) is 0 Å².